The van der Waals surface area contributed by atoms with E-state index in [1.54, 1.807) is 0 Å². The van der Waals surface area contributed by atoms with Crippen molar-refractivity contribution in [3.63, 3.8) is 0 Å². The van der Waals surface area contributed by atoms with Gasteiger partial charge in [0.15, 0.2) is 0 Å². The molecule has 0 saturated carbocycles. The maximum atomic E-state index is 12.6. The molecule has 1 amide bonds. The maximum Gasteiger partial charge on any atom is 0.231 e. The van der Waals surface area contributed by atoms with Crippen LogP contribution in [0.1, 0.15) is 31.7 Å². The normalized spacial score (nSPS) is 23.1. The molecule has 0 aliphatic carbocycles. The lowest BCUT2D eigenvalue weighted by molar-refractivity contribution is -0.126. The first-order valence-electron chi connectivity index (χ1n) is 6.86. The van der Waals surface area contributed by atoms with Crippen LogP contribution in [0.4, 0.5) is 5.69 Å². The van der Waals surface area contributed by atoms with Crippen LogP contribution in [0.3, 0.4) is 0 Å². The molecule has 2 rings (SSSR count). The van der Waals surface area contributed by atoms with Crippen LogP contribution < -0.4 is 10.6 Å². The second-order valence-electron chi connectivity index (χ2n) is 5.33. The van der Waals surface area contributed by atoms with Crippen molar-refractivity contribution in [2.24, 2.45) is 5.41 Å². The summed E-state index contributed by atoms with van der Waals surface area (Å²) in [5.41, 5.74) is 1.57. The molecule has 0 spiro atoms. The van der Waals surface area contributed by atoms with E-state index in [2.05, 4.69) is 17.6 Å². The van der Waals surface area contributed by atoms with E-state index in [1.165, 1.54) is 0 Å². The van der Waals surface area contributed by atoms with Crippen LogP contribution >= 0.6 is 11.6 Å². The summed E-state index contributed by atoms with van der Waals surface area (Å²) >= 11 is 5.99. The zero-order chi connectivity index (χ0) is 13.9. The molecule has 1 aliphatic rings. The maximum absolute atomic E-state index is 12.6. The minimum atomic E-state index is -0.285. The highest BCUT2D eigenvalue weighted by Crippen LogP contribution is 2.32. The average molecular weight is 281 g/mol. The Hall–Kier alpha value is -1.06. The number of hydrogen-bond acceptors (Lipinski definition) is 2. The highest BCUT2D eigenvalue weighted by molar-refractivity contribution is 6.31. The van der Waals surface area contributed by atoms with Crippen molar-refractivity contribution >= 4 is 23.2 Å². The number of carbonyl (C=O) groups is 1. The van der Waals surface area contributed by atoms with Gasteiger partial charge in [-0.15, -0.1) is 0 Å². The van der Waals surface area contributed by atoms with Crippen molar-refractivity contribution in [3.8, 4) is 0 Å². The second-order valence-corrected chi connectivity index (χ2v) is 5.76. The number of benzene rings is 1. The molecule has 1 aliphatic heterocycles. The summed E-state index contributed by atoms with van der Waals surface area (Å²) in [6.45, 7) is 5.82. The van der Waals surface area contributed by atoms with Gasteiger partial charge < -0.3 is 10.6 Å². The van der Waals surface area contributed by atoms with E-state index in [4.69, 9.17) is 11.6 Å². The standard InChI is InChI=1S/C15H21ClN2O/c1-3-15(7-4-8-17-10-15)14(19)18-13-9-12(16)6-5-11(13)2/h5-6,9,17H,3-4,7-8,10H2,1-2H3,(H,18,19). The Balaban J connectivity index is 2.17. The summed E-state index contributed by atoms with van der Waals surface area (Å²) in [4.78, 5) is 12.6. The summed E-state index contributed by atoms with van der Waals surface area (Å²) < 4.78 is 0. The topological polar surface area (TPSA) is 41.1 Å². The largest absolute Gasteiger partial charge is 0.325 e. The zero-order valence-corrected chi connectivity index (χ0v) is 12.3. The number of carbonyl (C=O) groups excluding carboxylic acids is 1. The fourth-order valence-corrected chi connectivity index (χ4v) is 2.78. The van der Waals surface area contributed by atoms with Gasteiger partial charge in [0.25, 0.3) is 0 Å². The van der Waals surface area contributed by atoms with Gasteiger partial charge in [-0.2, -0.15) is 0 Å². The third-order valence-electron chi connectivity index (χ3n) is 4.08. The molecule has 0 aromatic heterocycles. The summed E-state index contributed by atoms with van der Waals surface area (Å²) in [5.74, 6) is 0.104. The van der Waals surface area contributed by atoms with Crippen molar-refractivity contribution in [2.75, 3.05) is 18.4 Å². The molecule has 2 N–H and O–H groups in total. The van der Waals surface area contributed by atoms with E-state index >= 15 is 0 Å². The van der Waals surface area contributed by atoms with Crippen LogP contribution in [0.5, 0.6) is 0 Å². The van der Waals surface area contributed by atoms with Crippen molar-refractivity contribution in [1.29, 1.82) is 0 Å². The Morgan fingerprint density at radius 2 is 2.32 bits per heavy atom. The first-order valence-corrected chi connectivity index (χ1v) is 7.23. The summed E-state index contributed by atoms with van der Waals surface area (Å²) in [5, 5.41) is 7.03. The Bertz CT molecular complexity index is 467. The van der Waals surface area contributed by atoms with Crippen molar-refractivity contribution in [1.82, 2.24) is 5.32 Å². The van der Waals surface area contributed by atoms with E-state index in [-0.39, 0.29) is 11.3 Å². The molecule has 1 aromatic rings. The average Bonchev–Trinajstić information content (AvgIpc) is 2.43. The molecule has 1 atom stereocenters. The minimum Gasteiger partial charge on any atom is -0.325 e. The smallest absolute Gasteiger partial charge is 0.231 e. The lowest BCUT2D eigenvalue weighted by Gasteiger charge is -2.35. The molecule has 4 heteroatoms. The molecule has 0 bridgehead atoms. The number of nitrogens with one attached hydrogen (secondary N) is 2. The highest BCUT2D eigenvalue weighted by Gasteiger charge is 2.37. The first-order chi connectivity index (χ1) is 9.07. The van der Waals surface area contributed by atoms with Gasteiger partial charge in [0.05, 0.1) is 5.41 Å². The number of aryl methyl sites for hydroxylation is 1. The second kappa shape index (κ2) is 5.93. The van der Waals surface area contributed by atoms with Gasteiger partial charge in [0.1, 0.15) is 0 Å². The molecule has 0 radical (unpaired) electrons. The Labute approximate surface area is 119 Å². The third kappa shape index (κ3) is 3.10. The van der Waals surface area contributed by atoms with E-state index in [0.29, 0.717) is 5.02 Å². The quantitative estimate of drug-likeness (QED) is 0.891. The summed E-state index contributed by atoms with van der Waals surface area (Å²) in [6.07, 6.45) is 2.85. The van der Waals surface area contributed by atoms with Crippen LogP contribution in [0.15, 0.2) is 18.2 Å². The third-order valence-corrected chi connectivity index (χ3v) is 4.31. The molecule has 1 unspecified atom stereocenters. The molecule has 19 heavy (non-hydrogen) atoms. The van der Waals surface area contributed by atoms with Crippen molar-refractivity contribution < 1.29 is 4.79 Å². The van der Waals surface area contributed by atoms with Crippen LogP contribution in [0.2, 0.25) is 5.02 Å². The lowest BCUT2D eigenvalue weighted by Crippen LogP contribution is -2.47. The summed E-state index contributed by atoms with van der Waals surface area (Å²) in [7, 11) is 0. The molecular weight excluding hydrogens is 260 g/mol. The fraction of sp³-hybridized carbons (Fsp3) is 0.533. The summed E-state index contributed by atoms with van der Waals surface area (Å²) in [6, 6.07) is 5.58. The van der Waals surface area contributed by atoms with Crippen LogP contribution in [-0.2, 0) is 4.79 Å². The monoisotopic (exact) mass is 280 g/mol. The molecular formula is C15H21ClN2O. The fourth-order valence-electron chi connectivity index (χ4n) is 2.61. The lowest BCUT2D eigenvalue weighted by atomic mass is 9.77. The predicted octanol–water partition coefficient (Wildman–Crippen LogP) is 3.37. The Morgan fingerprint density at radius 1 is 1.53 bits per heavy atom. The number of halogens is 1. The van der Waals surface area contributed by atoms with Crippen LogP contribution in [0.25, 0.3) is 0 Å². The highest BCUT2D eigenvalue weighted by atomic mass is 35.5. The molecule has 3 nitrogen and oxygen atoms in total. The Morgan fingerprint density at radius 3 is 2.95 bits per heavy atom. The van der Waals surface area contributed by atoms with Crippen molar-refractivity contribution in [3.05, 3.63) is 28.8 Å². The molecule has 1 saturated heterocycles. The van der Waals surface area contributed by atoms with E-state index < -0.39 is 0 Å². The van der Waals surface area contributed by atoms with E-state index in [1.807, 2.05) is 25.1 Å². The Kier molecular flexibility index (Phi) is 4.48. The molecule has 1 aromatic carbocycles. The number of rotatable bonds is 3. The van der Waals surface area contributed by atoms with Gasteiger partial charge in [-0.05, 0) is 50.4 Å². The van der Waals surface area contributed by atoms with Gasteiger partial charge in [-0.3, -0.25) is 4.79 Å². The van der Waals surface area contributed by atoms with Gasteiger partial charge in [-0.1, -0.05) is 24.6 Å². The molecule has 1 heterocycles. The van der Waals surface area contributed by atoms with Gasteiger partial charge in [0, 0.05) is 17.3 Å². The number of anilines is 1. The van der Waals surface area contributed by atoms with Crippen molar-refractivity contribution in [2.45, 2.75) is 33.1 Å². The number of amides is 1. The van der Waals surface area contributed by atoms with Gasteiger partial charge >= 0.3 is 0 Å². The van der Waals surface area contributed by atoms with Crippen LogP contribution in [-0.4, -0.2) is 19.0 Å². The molecule has 104 valence electrons. The minimum absolute atomic E-state index is 0.104. The number of piperidine rings is 1. The van der Waals surface area contributed by atoms with E-state index in [0.717, 1.165) is 43.6 Å². The van der Waals surface area contributed by atoms with Gasteiger partial charge in [0.2, 0.25) is 5.91 Å². The van der Waals surface area contributed by atoms with E-state index in [9.17, 15) is 4.79 Å². The predicted molar refractivity (Wildman–Crippen MR) is 79.6 cm³/mol. The van der Waals surface area contributed by atoms with Crippen LogP contribution in [0, 0.1) is 12.3 Å². The van der Waals surface area contributed by atoms with Gasteiger partial charge in [-0.25, -0.2) is 0 Å². The first kappa shape index (κ1) is 14.4. The number of hydrogen-bond donors (Lipinski definition) is 2. The molecule has 1 fully saturated rings. The zero-order valence-electron chi connectivity index (χ0n) is 11.6. The SMILES string of the molecule is CCC1(C(=O)Nc2cc(Cl)ccc2C)CCCNC1.